The van der Waals surface area contributed by atoms with E-state index in [1.165, 1.54) is 46.2 Å². The molecule has 2 N–H and O–H groups in total. The van der Waals surface area contributed by atoms with Gasteiger partial charge in [-0.1, -0.05) is 48.9 Å². The van der Waals surface area contributed by atoms with Gasteiger partial charge in [0.15, 0.2) is 0 Å². The van der Waals surface area contributed by atoms with E-state index in [4.69, 9.17) is 0 Å². The fraction of sp³-hybridized carbons (Fsp3) is 0.455. The van der Waals surface area contributed by atoms with Crippen LogP contribution in [0, 0.1) is 13.8 Å². The molecule has 126 valence electrons. The van der Waals surface area contributed by atoms with Crippen molar-refractivity contribution in [3.63, 3.8) is 0 Å². The molecular formula is C22H28N2. The summed E-state index contributed by atoms with van der Waals surface area (Å²) in [6, 6.07) is 14.1. The van der Waals surface area contributed by atoms with Crippen molar-refractivity contribution in [1.29, 1.82) is 0 Å². The standard InChI is InChI=1S/C22H28N2/c1-14-11-15(2)21-19(12-14)16(3)13-22(21,23-4)24-20-10-9-17-7-5-6-8-18(17)20/h5-8,11-12,16,20,23-24H,9-10,13H2,1-4H3. The molecule has 3 atom stereocenters. The van der Waals surface area contributed by atoms with Gasteiger partial charge in [0.25, 0.3) is 0 Å². The predicted octanol–water partition coefficient (Wildman–Crippen LogP) is 4.46. The number of hydrogen-bond donors (Lipinski definition) is 2. The molecule has 2 heteroatoms. The second kappa shape index (κ2) is 5.72. The molecule has 3 unspecified atom stereocenters. The zero-order valence-corrected chi connectivity index (χ0v) is 15.2. The Morgan fingerprint density at radius 3 is 2.67 bits per heavy atom. The average molecular weight is 320 g/mol. The van der Waals surface area contributed by atoms with E-state index in [9.17, 15) is 0 Å². The number of aryl methyl sites for hydroxylation is 3. The molecule has 0 bridgehead atoms. The van der Waals surface area contributed by atoms with Gasteiger partial charge in [-0.05, 0) is 73.9 Å². The zero-order valence-electron chi connectivity index (χ0n) is 15.2. The Hall–Kier alpha value is -1.64. The minimum absolute atomic E-state index is 0.116. The van der Waals surface area contributed by atoms with E-state index >= 15 is 0 Å². The molecule has 0 radical (unpaired) electrons. The third-order valence-electron chi connectivity index (χ3n) is 6.06. The summed E-state index contributed by atoms with van der Waals surface area (Å²) >= 11 is 0. The largest absolute Gasteiger partial charge is 0.299 e. The first-order chi connectivity index (χ1) is 11.5. The van der Waals surface area contributed by atoms with Gasteiger partial charge < -0.3 is 0 Å². The van der Waals surface area contributed by atoms with Gasteiger partial charge in [0, 0.05) is 6.04 Å². The zero-order chi connectivity index (χ0) is 16.9. The van der Waals surface area contributed by atoms with Crippen LogP contribution in [-0.4, -0.2) is 7.05 Å². The molecule has 0 heterocycles. The molecule has 2 aliphatic rings. The lowest BCUT2D eigenvalue weighted by Gasteiger charge is -2.36. The Morgan fingerprint density at radius 2 is 1.88 bits per heavy atom. The second-order valence-corrected chi connectivity index (χ2v) is 7.74. The highest BCUT2D eigenvalue weighted by Crippen LogP contribution is 2.47. The molecule has 0 spiro atoms. The molecular weight excluding hydrogens is 292 g/mol. The monoisotopic (exact) mass is 320 g/mol. The lowest BCUT2D eigenvalue weighted by molar-refractivity contribution is 0.234. The molecule has 2 aromatic rings. The van der Waals surface area contributed by atoms with E-state index in [2.05, 4.69) is 74.9 Å². The van der Waals surface area contributed by atoms with Crippen molar-refractivity contribution in [3.05, 3.63) is 69.8 Å². The molecule has 0 amide bonds. The lowest BCUT2D eigenvalue weighted by Crippen LogP contribution is -2.52. The normalized spacial score (nSPS) is 28.0. The summed E-state index contributed by atoms with van der Waals surface area (Å²) in [5, 5.41) is 7.70. The van der Waals surface area contributed by atoms with E-state index in [-0.39, 0.29) is 5.66 Å². The average Bonchev–Trinajstić information content (AvgIpc) is 3.08. The third-order valence-corrected chi connectivity index (χ3v) is 6.06. The van der Waals surface area contributed by atoms with Gasteiger partial charge in [0.2, 0.25) is 0 Å². The molecule has 2 aliphatic carbocycles. The van der Waals surface area contributed by atoms with Gasteiger partial charge >= 0.3 is 0 Å². The molecule has 2 aromatic carbocycles. The Bertz CT molecular complexity index is 780. The van der Waals surface area contributed by atoms with Crippen LogP contribution in [-0.2, 0) is 12.1 Å². The van der Waals surface area contributed by atoms with Crippen molar-refractivity contribution in [3.8, 4) is 0 Å². The van der Waals surface area contributed by atoms with Crippen molar-refractivity contribution >= 4 is 0 Å². The summed E-state index contributed by atoms with van der Waals surface area (Å²) in [6.45, 7) is 6.83. The Kier molecular flexibility index (Phi) is 3.78. The molecule has 2 nitrogen and oxygen atoms in total. The number of rotatable bonds is 3. The first kappa shape index (κ1) is 15.9. The SMILES string of the molecule is CNC1(NC2CCc3ccccc32)CC(C)c2cc(C)cc(C)c21. The molecule has 0 aliphatic heterocycles. The van der Waals surface area contributed by atoms with Crippen LogP contribution in [0.25, 0.3) is 0 Å². The molecule has 0 fully saturated rings. The summed E-state index contributed by atoms with van der Waals surface area (Å²) in [4.78, 5) is 0. The van der Waals surface area contributed by atoms with Crippen LogP contribution in [0.1, 0.15) is 65.1 Å². The summed E-state index contributed by atoms with van der Waals surface area (Å²) in [6.07, 6.45) is 3.49. The van der Waals surface area contributed by atoms with Gasteiger partial charge in [0.1, 0.15) is 0 Å². The van der Waals surface area contributed by atoms with Gasteiger partial charge in [-0.15, -0.1) is 0 Å². The van der Waals surface area contributed by atoms with Crippen molar-refractivity contribution < 1.29 is 0 Å². The summed E-state index contributed by atoms with van der Waals surface area (Å²) in [5.41, 5.74) is 8.65. The molecule has 0 saturated heterocycles. The first-order valence-electron chi connectivity index (χ1n) is 9.20. The fourth-order valence-corrected chi connectivity index (χ4v) is 5.08. The minimum atomic E-state index is -0.116. The Balaban J connectivity index is 1.75. The molecule has 0 saturated carbocycles. The summed E-state index contributed by atoms with van der Waals surface area (Å²) in [5.74, 6) is 0.579. The maximum Gasteiger partial charge on any atom is 0.0963 e. The predicted molar refractivity (Wildman–Crippen MR) is 100 cm³/mol. The van der Waals surface area contributed by atoms with Crippen LogP contribution in [0.15, 0.2) is 36.4 Å². The van der Waals surface area contributed by atoms with Gasteiger partial charge in [-0.3, -0.25) is 10.6 Å². The van der Waals surface area contributed by atoms with E-state index < -0.39 is 0 Å². The minimum Gasteiger partial charge on any atom is -0.299 e. The number of nitrogens with one attached hydrogen (secondary N) is 2. The lowest BCUT2D eigenvalue weighted by atomic mass is 9.93. The quantitative estimate of drug-likeness (QED) is 0.816. The van der Waals surface area contributed by atoms with Crippen LogP contribution in [0.4, 0.5) is 0 Å². The van der Waals surface area contributed by atoms with Crippen molar-refractivity contribution in [1.82, 2.24) is 10.6 Å². The van der Waals surface area contributed by atoms with E-state index in [1.54, 1.807) is 0 Å². The van der Waals surface area contributed by atoms with Crippen LogP contribution in [0.5, 0.6) is 0 Å². The highest BCUT2D eigenvalue weighted by atomic mass is 15.2. The van der Waals surface area contributed by atoms with Gasteiger partial charge in [0.05, 0.1) is 5.66 Å². The van der Waals surface area contributed by atoms with Crippen LogP contribution in [0.3, 0.4) is 0 Å². The fourth-order valence-electron chi connectivity index (χ4n) is 5.08. The van der Waals surface area contributed by atoms with E-state index in [1.807, 2.05) is 0 Å². The van der Waals surface area contributed by atoms with Crippen molar-refractivity contribution in [2.45, 2.75) is 57.7 Å². The van der Waals surface area contributed by atoms with E-state index in [0.29, 0.717) is 12.0 Å². The van der Waals surface area contributed by atoms with Crippen molar-refractivity contribution in [2.24, 2.45) is 0 Å². The second-order valence-electron chi connectivity index (χ2n) is 7.74. The van der Waals surface area contributed by atoms with Crippen LogP contribution >= 0.6 is 0 Å². The number of hydrogen-bond acceptors (Lipinski definition) is 2. The molecule has 24 heavy (non-hydrogen) atoms. The van der Waals surface area contributed by atoms with Crippen LogP contribution < -0.4 is 10.6 Å². The third kappa shape index (κ3) is 2.32. The van der Waals surface area contributed by atoms with Gasteiger partial charge in [-0.2, -0.15) is 0 Å². The molecule has 4 rings (SSSR count). The summed E-state index contributed by atoms with van der Waals surface area (Å²) in [7, 11) is 2.11. The topological polar surface area (TPSA) is 24.1 Å². The first-order valence-corrected chi connectivity index (χ1v) is 9.20. The smallest absolute Gasteiger partial charge is 0.0963 e. The van der Waals surface area contributed by atoms with E-state index in [0.717, 1.165) is 6.42 Å². The number of fused-ring (bicyclic) bond motifs is 2. The van der Waals surface area contributed by atoms with Gasteiger partial charge in [-0.25, -0.2) is 0 Å². The Morgan fingerprint density at radius 1 is 1.08 bits per heavy atom. The van der Waals surface area contributed by atoms with Crippen LogP contribution in [0.2, 0.25) is 0 Å². The highest BCUT2D eigenvalue weighted by molar-refractivity contribution is 5.49. The Labute approximate surface area is 145 Å². The maximum absolute atomic E-state index is 4.03. The van der Waals surface area contributed by atoms with Crippen molar-refractivity contribution in [2.75, 3.05) is 7.05 Å². The maximum atomic E-state index is 4.03. The number of benzene rings is 2. The summed E-state index contributed by atoms with van der Waals surface area (Å²) < 4.78 is 0. The molecule has 0 aromatic heterocycles. The highest BCUT2D eigenvalue weighted by Gasteiger charge is 2.44.